The Balaban J connectivity index is 2.37. The van der Waals surface area contributed by atoms with E-state index >= 15 is 0 Å². The zero-order valence-electron chi connectivity index (χ0n) is 11.1. The molecule has 0 amide bonds. The van der Waals surface area contributed by atoms with Crippen LogP contribution in [0.25, 0.3) is 11.0 Å². The van der Waals surface area contributed by atoms with Gasteiger partial charge in [0.2, 0.25) is 11.2 Å². The first-order valence-corrected chi connectivity index (χ1v) is 6.29. The monoisotopic (exact) mass is 298 g/mol. The minimum atomic E-state index is -0.871. The van der Waals surface area contributed by atoms with Gasteiger partial charge in [-0.15, -0.1) is 0 Å². The molecule has 0 saturated carbocycles. The van der Waals surface area contributed by atoms with Crippen molar-refractivity contribution in [3.8, 4) is 0 Å². The molecule has 0 aliphatic carbocycles. The molecule has 2 aromatic rings. The minimum Gasteiger partial charge on any atom is -0.394 e. The summed E-state index contributed by atoms with van der Waals surface area (Å²) < 4.78 is 0. The van der Waals surface area contributed by atoms with E-state index in [0.717, 1.165) is 0 Å². The van der Waals surface area contributed by atoms with Crippen molar-refractivity contribution in [2.75, 3.05) is 37.5 Å². The van der Waals surface area contributed by atoms with Crippen LogP contribution in [0.2, 0.25) is 5.28 Å². The number of aromatic nitrogens is 4. The van der Waals surface area contributed by atoms with Crippen LogP contribution in [-0.4, -0.2) is 63.5 Å². The van der Waals surface area contributed by atoms with Crippen molar-refractivity contribution in [3.63, 3.8) is 0 Å². The third-order valence-electron chi connectivity index (χ3n) is 2.52. The third kappa shape index (κ3) is 3.21. The van der Waals surface area contributed by atoms with Crippen LogP contribution in [0, 0.1) is 0 Å². The van der Waals surface area contributed by atoms with Gasteiger partial charge in [-0.05, 0) is 11.6 Å². The zero-order chi connectivity index (χ0) is 14.7. The molecule has 2 heterocycles. The Labute approximate surface area is 120 Å². The first-order chi connectivity index (χ1) is 9.51. The highest BCUT2D eigenvalue weighted by atomic mass is 35.5. The van der Waals surface area contributed by atoms with Crippen LogP contribution < -0.4 is 10.2 Å². The van der Waals surface area contributed by atoms with Gasteiger partial charge in [-0.25, -0.2) is 15.0 Å². The summed E-state index contributed by atoms with van der Waals surface area (Å²) in [5.74, 6) is 0.896. The van der Waals surface area contributed by atoms with Gasteiger partial charge in [0.1, 0.15) is 11.0 Å². The first kappa shape index (κ1) is 14.6. The van der Waals surface area contributed by atoms with E-state index in [-0.39, 0.29) is 18.4 Å². The SMILES string of the molecule is CN(C)c1nc(Cl)nc2cnc(NCC(O)CO)nc12. The minimum absolute atomic E-state index is 0.126. The van der Waals surface area contributed by atoms with Crippen LogP contribution >= 0.6 is 11.6 Å². The molecule has 2 aromatic heterocycles. The lowest BCUT2D eigenvalue weighted by molar-refractivity contribution is 0.105. The van der Waals surface area contributed by atoms with Crippen LogP contribution in [0.4, 0.5) is 11.8 Å². The van der Waals surface area contributed by atoms with Crippen molar-refractivity contribution >= 4 is 34.4 Å². The molecular weight excluding hydrogens is 284 g/mol. The number of hydrogen-bond acceptors (Lipinski definition) is 8. The maximum absolute atomic E-state index is 9.29. The van der Waals surface area contributed by atoms with Gasteiger partial charge < -0.3 is 20.4 Å². The van der Waals surface area contributed by atoms with Gasteiger partial charge in [0.05, 0.1) is 18.9 Å². The third-order valence-corrected chi connectivity index (χ3v) is 2.69. The lowest BCUT2D eigenvalue weighted by Crippen LogP contribution is -2.23. The molecule has 3 N–H and O–H groups in total. The van der Waals surface area contributed by atoms with E-state index in [9.17, 15) is 5.11 Å². The summed E-state index contributed by atoms with van der Waals surface area (Å²) in [5, 5.41) is 21.0. The maximum atomic E-state index is 9.29. The van der Waals surface area contributed by atoms with Gasteiger partial charge in [0.15, 0.2) is 5.82 Å². The van der Waals surface area contributed by atoms with Gasteiger partial charge in [-0.1, -0.05) is 0 Å². The smallest absolute Gasteiger partial charge is 0.225 e. The number of aliphatic hydroxyl groups excluding tert-OH is 2. The highest BCUT2D eigenvalue weighted by Gasteiger charge is 2.12. The highest BCUT2D eigenvalue weighted by molar-refractivity contribution is 6.28. The number of hydrogen-bond donors (Lipinski definition) is 3. The lowest BCUT2D eigenvalue weighted by Gasteiger charge is -2.14. The second-order valence-corrected chi connectivity index (χ2v) is 4.69. The van der Waals surface area contributed by atoms with Crippen molar-refractivity contribution in [2.24, 2.45) is 0 Å². The summed E-state index contributed by atoms with van der Waals surface area (Å²) in [5.41, 5.74) is 1.08. The summed E-state index contributed by atoms with van der Waals surface area (Å²) >= 11 is 5.85. The molecule has 0 spiro atoms. The Hall–Kier alpha value is -1.77. The standard InChI is InChI=1S/C11H15ClN6O2/c1-18(2)9-8-7(15-10(12)17-9)4-14-11(16-8)13-3-6(20)5-19/h4,6,19-20H,3,5H2,1-2H3,(H,13,14,16). The topological polar surface area (TPSA) is 107 Å². The van der Waals surface area contributed by atoms with Crippen molar-refractivity contribution in [2.45, 2.75) is 6.10 Å². The van der Waals surface area contributed by atoms with E-state index in [1.807, 2.05) is 14.1 Å². The Morgan fingerprint density at radius 1 is 1.35 bits per heavy atom. The number of rotatable bonds is 5. The largest absolute Gasteiger partial charge is 0.394 e. The molecule has 1 unspecified atom stereocenters. The van der Waals surface area contributed by atoms with Gasteiger partial charge in [-0.3, -0.25) is 0 Å². The quantitative estimate of drug-likeness (QED) is 0.657. The van der Waals surface area contributed by atoms with Gasteiger partial charge in [-0.2, -0.15) is 4.98 Å². The number of nitrogens with one attached hydrogen (secondary N) is 1. The summed E-state index contributed by atoms with van der Waals surface area (Å²) in [6, 6.07) is 0. The zero-order valence-corrected chi connectivity index (χ0v) is 11.8. The fourth-order valence-corrected chi connectivity index (χ4v) is 1.73. The number of anilines is 2. The van der Waals surface area contributed by atoms with E-state index in [4.69, 9.17) is 16.7 Å². The molecular formula is C11H15ClN6O2. The number of nitrogens with zero attached hydrogens (tertiary/aromatic N) is 5. The summed E-state index contributed by atoms with van der Waals surface area (Å²) in [4.78, 5) is 18.3. The fraction of sp³-hybridized carbons (Fsp3) is 0.455. The average molecular weight is 299 g/mol. The molecule has 0 aromatic carbocycles. The molecule has 0 fully saturated rings. The maximum Gasteiger partial charge on any atom is 0.225 e. The normalized spacial score (nSPS) is 12.4. The molecule has 0 aliphatic rings. The van der Waals surface area contributed by atoms with Crippen molar-refractivity contribution < 1.29 is 10.2 Å². The van der Waals surface area contributed by atoms with Crippen molar-refractivity contribution in [1.29, 1.82) is 0 Å². The van der Waals surface area contributed by atoms with Crippen LogP contribution in [0.3, 0.4) is 0 Å². The summed E-state index contributed by atoms with van der Waals surface area (Å²) in [6.07, 6.45) is 0.653. The molecule has 0 aliphatic heterocycles. The summed E-state index contributed by atoms with van der Waals surface area (Å²) in [7, 11) is 3.64. The second-order valence-electron chi connectivity index (χ2n) is 4.36. The Bertz CT molecular complexity index is 609. The Kier molecular flexibility index (Phi) is 4.48. The molecule has 8 nitrogen and oxygen atoms in total. The van der Waals surface area contributed by atoms with Crippen LogP contribution in [0.1, 0.15) is 0 Å². The van der Waals surface area contributed by atoms with E-state index in [1.165, 1.54) is 6.20 Å². The number of aliphatic hydroxyl groups is 2. The summed E-state index contributed by atoms with van der Waals surface area (Å²) in [6.45, 7) is -0.185. The van der Waals surface area contributed by atoms with E-state index < -0.39 is 6.10 Å². The molecule has 20 heavy (non-hydrogen) atoms. The lowest BCUT2D eigenvalue weighted by atomic mass is 10.4. The van der Waals surface area contributed by atoms with E-state index in [0.29, 0.717) is 22.8 Å². The van der Waals surface area contributed by atoms with Crippen molar-refractivity contribution in [1.82, 2.24) is 19.9 Å². The van der Waals surface area contributed by atoms with Crippen LogP contribution in [0.15, 0.2) is 6.20 Å². The molecule has 1 atom stereocenters. The Morgan fingerprint density at radius 3 is 2.75 bits per heavy atom. The van der Waals surface area contributed by atoms with Gasteiger partial charge >= 0.3 is 0 Å². The second kappa shape index (κ2) is 6.12. The molecule has 0 bridgehead atoms. The van der Waals surface area contributed by atoms with Crippen LogP contribution in [-0.2, 0) is 0 Å². The first-order valence-electron chi connectivity index (χ1n) is 5.91. The number of halogens is 1. The van der Waals surface area contributed by atoms with Gasteiger partial charge in [0.25, 0.3) is 0 Å². The number of fused-ring (bicyclic) bond motifs is 1. The Morgan fingerprint density at radius 2 is 2.10 bits per heavy atom. The fourth-order valence-electron chi connectivity index (χ4n) is 1.56. The molecule has 108 valence electrons. The predicted molar refractivity (Wildman–Crippen MR) is 76.0 cm³/mol. The molecule has 0 radical (unpaired) electrons. The van der Waals surface area contributed by atoms with E-state index in [1.54, 1.807) is 4.90 Å². The van der Waals surface area contributed by atoms with Crippen molar-refractivity contribution in [3.05, 3.63) is 11.5 Å². The van der Waals surface area contributed by atoms with Gasteiger partial charge in [0, 0.05) is 20.6 Å². The van der Waals surface area contributed by atoms with Crippen LogP contribution in [0.5, 0.6) is 0 Å². The molecule has 9 heteroatoms. The van der Waals surface area contributed by atoms with E-state index in [2.05, 4.69) is 25.3 Å². The predicted octanol–water partition coefficient (Wildman–Crippen LogP) is -0.0957. The average Bonchev–Trinajstić information content (AvgIpc) is 2.43. The molecule has 0 saturated heterocycles. The molecule has 2 rings (SSSR count). The highest BCUT2D eigenvalue weighted by Crippen LogP contribution is 2.22.